The molecule has 32 heavy (non-hydrogen) atoms. The van der Waals surface area contributed by atoms with Gasteiger partial charge in [-0.2, -0.15) is 0 Å². The third-order valence-corrected chi connectivity index (χ3v) is 6.04. The maximum absolute atomic E-state index is 12.1. The smallest absolute Gasteiger partial charge is 0.238 e. The van der Waals surface area contributed by atoms with Crippen LogP contribution < -0.4 is 15.4 Å². The molecular formula is C28H50N2O2. The van der Waals surface area contributed by atoms with E-state index in [2.05, 4.69) is 31.4 Å². The Labute approximate surface area is 198 Å². The van der Waals surface area contributed by atoms with Crippen LogP contribution in [0, 0.1) is 0 Å². The van der Waals surface area contributed by atoms with E-state index >= 15 is 0 Å². The van der Waals surface area contributed by atoms with Crippen molar-refractivity contribution in [2.45, 2.75) is 123 Å². The summed E-state index contributed by atoms with van der Waals surface area (Å²) in [5.74, 6) is 0.847. The van der Waals surface area contributed by atoms with Gasteiger partial charge >= 0.3 is 0 Å². The monoisotopic (exact) mass is 446 g/mol. The Hall–Kier alpha value is -1.55. The second-order valence-electron chi connectivity index (χ2n) is 9.18. The fourth-order valence-electron chi connectivity index (χ4n) is 3.78. The van der Waals surface area contributed by atoms with Crippen molar-refractivity contribution >= 4 is 11.6 Å². The second-order valence-corrected chi connectivity index (χ2v) is 9.18. The average Bonchev–Trinajstić information content (AvgIpc) is 2.80. The van der Waals surface area contributed by atoms with Gasteiger partial charge in [-0.05, 0) is 50.6 Å². The molecule has 0 spiro atoms. The first-order valence-electron chi connectivity index (χ1n) is 13.4. The van der Waals surface area contributed by atoms with Crippen LogP contribution in [0.4, 0.5) is 5.69 Å². The lowest BCUT2D eigenvalue weighted by molar-refractivity contribution is -0.115. The van der Waals surface area contributed by atoms with E-state index in [0.29, 0.717) is 6.54 Å². The number of rotatable bonds is 21. The van der Waals surface area contributed by atoms with Crippen molar-refractivity contribution < 1.29 is 9.53 Å². The minimum Gasteiger partial charge on any atom is -0.491 e. The van der Waals surface area contributed by atoms with Crippen LogP contribution in [-0.4, -0.2) is 25.1 Å². The highest BCUT2D eigenvalue weighted by Crippen LogP contribution is 2.17. The molecule has 0 radical (unpaired) electrons. The predicted octanol–water partition coefficient (Wildman–Crippen LogP) is 7.87. The van der Waals surface area contributed by atoms with E-state index in [0.717, 1.165) is 30.8 Å². The molecule has 184 valence electrons. The minimum atomic E-state index is 0.00552. The standard InChI is InChI=1S/C28H50N2O2/c1-4-6-7-8-9-10-11-12-13-14-15-16-17-18-23-29-24-28(31)30-26-19-21-27(22-20-26)32-25(3)5-2/h19-22,25,29H,4-18,23-24H2,1-3H3,(H,30,31). The summed E-state index contributed by atoms with van der Waals surface area (Å²) in [6, 6.07) is 7.60. The molecule has 0 aliphatic heterocycles. The Morgan fingerprint density at radius 1 is 0.781 bits per heavy atom. The summed E-state index contributed by atoms with van der Waals surface area (Å²) in [5.41, 5.74) is 0.810. The van der Waals surface area contributed by atoms with E-state index in [1.807, 2.05) is 24.3 Å². The lowest BCUT2D eigenvalue weighted by Gasteiger charge is -2.13. The number of benzene rings is 1. The number of nitrogens with one attached hydrogen (secondary N) is 2. The predicted molar refractivity (Wildman–Crippen MR) is 139 cm³/mol. The summed E-state index contributed by atoms with van der Waals surface area (Å²) in [7, 11) is 0. The molecule has 1 rings (SSSR count). The van der Waals surface area contributed by atoms with E-state index < -0.39 is 0 Å². The molecule has 1 aromatic carbocycles. The second kappa shape index (κ2) is 20.1. The molecule has 0 aliphatic carbocycles. The highest BCUT2D eigenvalue weighted by molar-refractivity contribution is 5.92. The van der Waals surface area contributed by atoms with Crippen molar-refractivity contribution in [2.24, 2.45) is 0 Å². The molecule has 4 heteroatoms. The van der Waals surface area contributed by atoms with Crippen LogP contribution in [0.1, 0.15) is 117 Å². The lowest BCUT2D eigenvalue weighted by Crippen LogP contribution is -2.28. The highest BCUT2D eigenvalue weighted by atomic mass is 16.5. The van der Waals surface area contributed by atoms with E-state index in [9.17, 15) is 4.79 Å². The van der Waals surface area contributed by atoms with Gasteiger partial charge in [-0.1, -0.05) is 97.3 Å². The Bertz CT molecular complexity index is 559. The molecule has 0 bridgehead atoms. The van der Waals surface area contributed by atoms with E-state index in [1.54, 1.807) is 0 Å². The van der Waals surface area contributed by atoms with Crippen molar-refractivity contribution in [3.05, 3.63) is 24.3 Å². The number of carbonyl (C=O) groups is 1. The van der Waals surface area contributed by atoms with E-state index in [1.165, 1.54) is 83.5 Å². The number of unbranched alkanes of at least 4 members (excludes halogenated alkanes) is 13. The molecule has 0 fully saturated rings. The third-order valence-electron chi connectivity index (χ3n) is 6.04. The molecule has 1 amide bonds. The fraction of sp³-hybridized carbons (Fsp3) is 0.750. The van der Waals surface area contributed by atoms with Crippen LogP contribution in [0.5, 0.6) is 5.75 Å². The van der Waals surface area contributed by atoms with E-state index in [4.69, 9.17) is 4.74 Å². The molecular weight excluding hydrogens is 396 g/mol. The minimum absolute atomic E-state index is 0.00552. The Morgan fingerprint density at radius 2 is 1.28 bits per heavy atom. The average molecular weight is 447 g/mol. The number of ether oxygens (including phenoxy) is 1. The van der Waals surface area contributed by atoms with Gasteiger partial charge in [0.25, 0.3) is 0 Å². The molecule has 1 unspecified atom stereocenters. The van der Waals surface area contributed by atoms with Crippen LogP contribution in [0.25, 0.3) is 0 Å². The summed E-state index contributed by atoms with van der Waals surface area (Å²) in [4.78, 5) is 12.1. The zero-order chi connectivity index (χ0) is 23.3. The number of hydrogen-bond acceptors (Lipinski definition) is 3. The maximum atomic E-state index is 12.1. The zero-order valence-electron chi connectivity index (χ0n) is 21.2. The van der Waals surface area contributed by atoms with Gasteiger partial charge in [0.2, 0.25) is 5.91 Å². The van der Waals surface area contributed by atoms with Gasteiger partial charge in [0.05, 0.1) is 12.6 Å². The SMILES string of the molecule is CCCCCCCCCCCCCCCCNCC(=O)Nc1ccc(OC(C)CC)cc1. The summed E-state index contributed by atoms with van der Waals surface area (Å²) < 4.78 is 5.76. The number of anilines is 1. The van der Waals surface area contributed by atoms with Crippen molar-refractivity contribution in [1.82, 2.24) is 5.32 Å². The summed E-state index contributed by atoms with van der Waals surface area (Å²) in [5, 5.41) is 6.19. The molecule has 0 saturated heterocycles. The fourth-order valence-corrected chi connectivity index (χ4v) is 3.78. The molecule has 4 nitrogen and oxygen atoms in total. The third kappa shape index (κ3) is 16.1. The number of carbonyl (C=O) groups excluding carboxylic acids is 1. The largest absolute Gasteiger partial charge is 0.491 e. The van der Waals surface area contributed by atoms with Gasteiger partial charge < -0.3 is 15.4 Å². The van der Waals surface area contributed by atoms with Gasteiger partial charge in [-0.3, -0.25) is 4.79 Å². The number of amides is 1. The number of hydrogen-bond donors (Lipinski definition) is 2. The Balaban J connectivity index is 1.89. The zero-order valence-corrected chi connectivity index (χ0v) is 21.2. The Kier molecular flexibility index (Phi) is 17.9. The summed E-state index contributed by atoms with van der Waals surface area (Å²) >= 11 is 0. The lowest BCUT2D eigenvalue weighted by atomic mass is 10.0. The van der Waals surface area contributed by atoms with E-state index in [-0.39, 0.29) is 12.0 Å². The van der Waals surface area contributed by atoms with Crippen LogP contribution >= 0.6 is 0 Å². The quantitative estimate of drug-likeness (QED) is 0.189. The van der Waals surface area contributed by atoms with Crippen LogP contribution in [0.15, 0.2) is 24.3 Å². The van der Waals surface area contributed by atoms with Gasteiger partial charge in [0, 0.05) is 5.69 Å². The highest BCUT2D eigenvalue weighted by Gasteiger charge is 2.04. The summed E-state index contributed by atoms with van der Waals surface area (Å²) in [6.45, 7) is 7.71. The Morgan fingerprint density at radius 3 is 1.78 bits per heavy atom. The molecule has 0 aliphatic rings. The maximum Gasteiger partial charge on any atom is 0.238 e. The van der Waals surface area contributed by atoms with Crippen LogP contribution in [0.2, 0.25) is 0 Å². The molecule has 1 atom stereocenters. The van der Waals surface area contributed by atoms with Crippen LogP contribution in [-0.2, 0) is 4.79 Å². The van der Waals surface area contributed by atoms with Crippen molar-refractivity contribution in [3.8, 4) is 5.75 Å². The molecule has 0 saturated carbocycles. The van der Waals surface area contributed by atoms with Gasteiger partial charge in [0.15, 0.2) is 0 Å². The van der Waals surface area contributed by atoms with Crippen molar-refractivity contribution in [1.29, 1.82) is 0 Å². The first-order valence-corrected chi connectivity index (χ1v) is 13.4. The molecule has 1 aromatic rings. The first-order chi connectivity index (χ1) is 15.7. The van der Waals surface area contributed by atoms with Gasteiger partial charge in [-0.25, -0.2) is 0 Å². The van der Waals surface area contributed by atoms with Crippen LogP contribution in [0.3, 0.4) is 0 Å². The van der Waals surface area contributed by atoms with Crippen molar-refractivity contribution in [2.75, 3.05) is 18.4 Å². The van der Waals surface area contributed by atoms with Crippen molar-refractivity contribution in [3.63, 3.8) is 0 Å². The normalized spacial score (nSPS) is 12.0. The molecule has 2 N–H and O–H groups in total. The van der Waals surface area contributed by atoms with Gasteiger partial charge in [0.1, 0.15) is 5.75 Å². The van der Waals surface area contributed by atoms with Gasteiger partial charge in [-0.15, -0.1) is 0 Å². The molecule has 0 heterocycles. The topological polar surface area (TPSA) is 50.4 Å². The molecule has 0 aromatic heterocycles. The summed E-state index contributed by atoms with van der Waals surface area (Å²) in [6.07, 6.45) is 20.4. The first kappa shape index (κ1) is 28.5.